The van der Waals surface area contributed by atoms with Crippen LogP contribution in [0.25, 0.3) is 0 Å². The Kier molecular flexibility index (Phi) is 6.51. The molecule has 0 saturated heterocycles. The number of hydrogen-bond acceptors (Lipinski definition) is 3. The molecule has 0 aromatic heterocycles. The minimum atomic E-state index is -0.291. The summed E-state index contributed by atoms with van der Waals surface area (Å²) in [5, 5.41) is 12.7. The van der Waals surface area contributed by atoms with Gasteiger partial charge in [0, 0.05) is 16.9 Å². The van der Waals surface area contributed by atoms with Crippen LogP contribution in [0, 0.1) is 5.92 Å². The van der Waals surface area contributed by atoms with E-state index in [0.717, 1.165) is 34.6 Å². The molecule has 1 amide bonds. The number of carbonyl (C=O) groups is 1. The molecule has 1 saturated carbocycles. The monoisotopic (exact) mass is 419 g/mol. The molecule has 1 aliphatic carbocycles. The maximum atomic E-state index is 11.8. The Hall–Kier alpha value is -0.590. The van der Waals surface area contributed by atoms with Crippen LogP contribution in [0.15, 0.2) is 27.1 Å². The van der Waals surface area contributed by atoms with Gasteiger partial charge in [-0.2, -0.15) is 0 Å². The van der Waals surface area contributed by atoms with Crippen molar-refractivity contribution in [3.63, 3.8) is 0 Å². The Bertz CT molecular complexity index is 496. The third kappa shape index (κ3) is 5.27. The zero-order chi connectivity index (χ0) is 15.2. The van der Waals surface area contributed by atoms with Crippen LogP contribution in [0.3, 0.4) is 0 Å². The molecule has 0 radical (unpaired) electrons. The summed E-state index contributed by atoms with van der Waals surface area (Å²) in [6.07, 6.45) is 3.72. The second-order valence-electron chi connectivity index (χ2n) is 5.28. The van der Waals surface area contributed by atoms with Gasteiger partial charge >= 0.3 is 0 Å². The summed E-state index contributed by atoms with van der Waals surface area (Å²) >= 11 is 6.75. The Morgan fingerprint density at radius 3 is 2.81 bits per heavy atom. The molecular formula is C15H19Br2NO3. The summed E-state index contributed by atoms with van der Waals surface area (Å²) in [6.45, 7) is 0.494. The molecule has 116 valence electrons. The van der Waals surface area contributed by atoms with Crippen molar-refractivity contribution in [2.45, 2.75) is 31.8 Å². The molecule has 2 atom stereocenters. The number of amides is 1. The molecule has 1 aromatic carbocycles. The minimum Gasteiger partial charge on any atom is -0.483 e. The highest BCUT2D eigenvalue weighted by Crippen LogP contribution is 2.28. The van der Waals surface area contributed by atoms with Crippen LogP contribution in [-0.4, -0.2) is 30.3 Å². The fourth-order valence-corrected chi connectivity index (χ4v) is 3.62. The van der Waals surface area contributed by atoms with Crippen molar-refractivity contribution < 1.29 is 14.6 Å². The number of aliphatic hydroxyl groups is 1. The van der Waals surface area contributed by atoms with E-state index in [1.54, 1.807) is 6.07 Å². The molecule has 21 heavy (non-hydrogen) atoms. The highest BCUT2D eigenvalue weighted by Gasteiger charge is 2.23. The molecule has 0 aliphatic heterocycles. The average Bonchev–Trinajstić information content (AvgIpc) is 2.45. The molecule has 2 unspecified atom stereocenters. The lowest BCUT2D eigenvalue weighted by molar-refractivity contribution is -0.123. The zero-order valence-electron chi connectivity index (χ0n) is 11.6. The topological polar surface area (TPSA) is 58.6 Å². The number of hydrogen-bond donors (Lipinski definition) is 2. The van der Waals surface area contributed by atoms with E-state index in [9.17, 15) is 9.90 Å². The summed E-state index contributed by atoms with van der Waals surface area (Å²) in [7, 11) is 0. The number of benzene rings is 1. The SMILES string of the molecule is O=C(COc1ccc(Br)cc1Br)NCC1CCCCC1O. The maximum absolute atomic E-state index is 11.8. The summed E-state index contributed by atoms with van der Waals surface area (Å²) in [5.74, 6) is 0.635. The zero-order valence-corrected chi connectivity index (χ0v) is 14.8. The van der Waals surface area contributed by atoms with Gasteiger partial charge < -0.3 is 15.2 Å². The van der Waals surface area contributed by atoms with E-state index in [0.29, 0.717) is 12.3 Å². The van der Waals surface area contributed by atoms with Gasteiger partial charge in [0.05, 0.1) is 10.6 Å². The van der Waals surface area contributed by atoms with Crippen LogP contribution < -0.4 is 10.1 Å². The van der Waals surface area contributed by atoms with Gasteiger partial charge in [0.2, 0.25) is 0 Å². The molecule has 2 rings (SSSR count). The number of carbonyl (C=O) groups excluding carboxylic acids is 1. The highest BCUT2D eigenvalue weighted by atomic mass is 79.9. The van der Waals surface area contributed by atoms with Crippen LogP contribution >= 0.6 is 31.9 Å². The molecule has 1 aliphatic rings. The molecular weight excluding hydrogens is 402 g/mol. The fraction of sp³-hybridized carbons (Fsp3) is 0.533. The van der Waals surface area contributed by atoms with E-state index in [4.69, 9.17) is 4.74 Å². The maximum Gasteiger partial charge on any atom is 0.257 e. The van der Waals surface area contributed by atoms with E-state index >= 15 is 0 Å². The summed E-state index contributed by atoms with van der Waals surface area (Å²) < 4.78 is 7.22. The number of ether oxygens (including phenoxy) is 1. The van der Waals surface area contributed by atoms with Crippen molar-refractivity contribution in [3.8, 4) is 5.75 Å². The second kappa shape index (κ2) is 8.15. The molecule has 0 spiro atoms. The van der Waals surface area contributed by atoms with Crippen molar-refractivity contribution >= 4 is 37.8 Å². The second-order valence-corrected chi connectivity index (χ2v) is 7.05. The first kappa shape index (κ1) is 16.8. The first-order valence-corrected chi connectivity index (χ1v) is 8.67. The van der Waals surface area contributed by atoms with Crippen molar-refractivity contribution in [1.29, 1.82) is 0 Å². The standard InChI is InChI=1S/C15H19Br2NO3/c16-11-5-6-14(12(17)7-11)21-9-15(20)18-8-10-3-1-2-4-13(10)19/h5-7,10,13,19H,1-4,8-9H2,(H,18,20). The molecule has 0 bridgehead atoms. The molecule has 2 N–H and O–H groups in total. The molecule has 4 nitrogen and oxygen atoms in total. The first-order chi connectivity index (χ1) is 10.1. The largest absolute Gasteiger partial charge is 0.483 e. The van der Waals surface area contributed by atoms with E-state index in [2.05, 4.69) is 37.2 Å². The molecule has 1 aromatic rings. The van der Waals surface area contributed by atoms with E-state index in [1.165, 1.54) is 0 Å². The van der Waals surface area contributed by atoms with E-state index < -0.39 is 0 Å². The van der Waals surface area contributed by atoms with Crippen molar-refractivity contribution in [2.24, 2.45) is 5.92 Å². The fourth-order valence-electron chi connectivity index (χ4n) is 2.46. The Labute approximate surface area is 141 Å². The lowest BCUT2D eigenvalue weighted by Gasteiger charge is -2.27. The normalized spacial score (nSPS) is 21.9. The smallest absolute Gasteiger partial charge is 0.257 e. The van der Waals surface area contributed by atoms with Crippen LogP contribution in [-0.2, 0) is 4.79 Å². The highest BCUT2D eigenvalue weighted by molar-refractivity contribution is 9.11. The lowest BCUT2D eigenvalue weighted by Crippen LogP contribution is -2.38. The van der Waals surface area contributed by atoms with E-state index in [1.807, 2.05) is 12.1 Å². The van der Waals surface area contributed by atoms with Gasteiger partial charge in [-0.15, -0.1) is 0 Å². The predicted octanol–water partition coefficient (Wildman–Crippen LogP) is 3.26. The third-order valence-corrected chi connectivity index (χ3v) is 4.80. The lowest BCUT2D eigenvalue weighted by atomic mass is 9.86. The van der Waals surface area contributed by atoms with Gasteiger partial charge in [-0.05, 0) is 47.0 Å². The first-order valence-electron chi connectivity index (χ1n) is 7.09. The van der Waals surface area contributed by atoms with Crippen LogP contribution in [0.5, 0.6) is 5.75 Å². The van der Waals surface area contributed by atoms with Crippen LogP contribution in [0.2, 0.25) is 0 Å². The van der Waals surface area contributed by atoms with Gasteiger partial charge in [-0.25, -0.2) is 0 Å². The summed E-state index contributed by atoms with van der Waals surface area (Å²) in [4.78, 5) is 11.8. The predicted molar refractivity (Wildman–Crippen MR) is 88.3 cm³/mol. The van der Waals surface area contributed by atoms with Gasteiger partial charge in [0.25, 0.3) is 5.91 Å². The minimum absolute atomic E-state index is 0.0248. The third-order valence-electron chi connectivity index (χ3n) is 3.68. The van der Waals surface area contributed by atoms with Gasteiger partial charge in [0.1, 0.15) is 5.75 Å². The van der Waals surface area contributed by atoms with Crippen LogP contribution in [0.4, 0.5) is 0 Å². The molecule has 1 fully saturated rings. The number of nitrogens with one attached hydrogen (secondary N) is 1. The van der Waals surface area contributed by atoms with E-state index in [-0.39, 0.29) is 24.5 Å². The van der Waals surface area contributed by atoms with Crippen molar-refractivity contribution in [3.05, 3.63) is 27.1 Å². The number of rotatable bonds is 5. The van der Waals surface area contributed by atoms with Gasteiger partial charge in [0.15, 0.2) is 6.61 Å². The molecule has 0 heterocycles. The van der Waals surface area contributed by atoms with Gasteiger partial charge in [-0.3, -0.25) is 4.79 Å². The Morgan fingerprint density at radius 1 is 1.33 bits per heavy atom. The molecule has 6 heteroatoms. The summed E-state index contributed by atoms with van der Waals surface area (Å²) in [5.41, 5.74) is 0. The summed E-state index contributed by atoms with van der Waals surface area (Å²) in [6, 6.07) is 5.52. The number of aliphatic hydroxyl groups excluding tert-OH is 1. The quantitative estimate of drug-likeness (QED) is 0.768. The average molecular weight is 421 g/mol. The van der Waals surface area contributed by atoms with Crippen molar-refractivity contribution in [1.82, 2.24) is 5.32 Å². The van der Waals surface area contributed by atoms with Gasteiger partial charge in [-0.1, -0.05) is 28.8 Å². The Morgan fingerprint density at radius 2 is 2.10 bits per heavy atom. The number of halogens is 2. The van der Waals surface area contributed by atoms with Crippen molar-refractivity contribution in [2.75, 3.05) is 13.2 Å². The Balaban J connectivity index is 1.74. The van der Waals surface area contributed by atoms with Crippen LogP contribution in [0.1, 0.15) is 25.7 Å².